The van der Waals surface area contributed by atoms with Crippen LogP contribution in [0.5, 0.6) is 5.75 Å². The van der Waals surface area contributed by atoms with E-state index in [0.717, 1.165) is 0 Å². The molecule has 0 aliphatic rings. The van der Waals surface area contributed by atoms with Crippen molar-refractivity contribution in [2.24, 2.45) is 5.73 Å². The molecule has 10 heavy (non-hydrogen) atoms. The summed E-state index contributed by atoms with van der Waals surface area (Å²) in [6.07, 6.45) is 0. The number of para-hydroxylation sites is 1. The Kier molecular flexibility index (Phi) is 2.23. The summed E-state index contributed by atoms with van der Waals surface area (Å²) in [7, 11) is 0. The predicted molar refractivity (Wildman–Crippen MR) is 42.7 cm³/mol. The zero-order chi connectivity index (χ0) is 7.40. The Morgan fingerprint density at radius 1 is 1.60 bits per heavy atom. The van der Waals surface area contributed by atoms with Gasteiger partial charge in [-0.2, -0.15) is 0 Å². The van der Waals surface area contributed by atoms with Crippen LogP contribution in [0.4, 0.5) is 0 Å². The lowest BCUT2D eigenvalue weighted by Crippen LogP contribution is -2.15. The van der Waals surface area contributed by atoms with Crippen LogP contribution in [0.25, 0.3) is 0 Å². The van der Waals surface area contributed by atoms with E-state index in [1.54, 1.807) is 12.1 Å². The molecule has 0 aliphatic heterocycles. The molecule has 1 radical (unpaired) electrons. The van der Waals surface area contributed by atoms with Gasteiger partial charge in [-0.05, 0) is 18.3 Å². The summed E-state index contributed by atoms with van der Waals surface area (Å²) in [5, 5.41) is 0.0162. The van der Waals surface area contributed by atoms with Crippen molar-refractivity contribution >= 4 is 17.4 Å². The van der Waals surface area contributed by atoms with Crippen molar-refractivity contribution in [3.8, 4) is 5.75 Å². The summed E-state index contributed by atoms with van der Waals surface area (Å²) in [6.45, 7) is 0. The molecule has 0 unspecified atom stereocenters. The Bertz CT molecular complexity index is 222. The largest absolute Gasteiger partial charge is 0.431 e. The van der Waals surface area contributed by atoms with Gasteiger partial charge in [-0.3, -0.25) is 0 Å². The normalized spacial score (nSPS) is 8.80. The highest BCUT2D eigenvalue weighted by molar-refractivity contribution is 7.80. The molecule has 0 spiro atoms. The van der Waals surface area contributed by atoms with E-state index in [4.69, 9.17) is 10.5 Å². The molecule has 0 aromatic heterocycles. The molecular weight excluding hydrogens is 146 g/mol. The molecule has 0 atom stereocenters. The van der Waals surface area contributed by atoms with Gasteiger partial charge in [0.2, 0.25) is 0 Å². The maximum absolute atomic E-state index is 5.11. The molecule has 0 heterocycles. The minimum absolute atomic E-state index is 0.0162. The second-order valence-electron chi connectivity index (χ2n) is 1.65. The van der Waals surface area contributed by atoms with Crippen molar-refractivity contribution in [1.29, 1.82) is 0 Å². The lowest BCUT2D eigenvalue weighted by Gasteiger charge is -1.99. The molecule has 3 heteroatoms. The van der Waals surface area contributed by atoms with E-state index in [2.05, 4.69) is 18.3 Å². The van der Waals surface area contributed by atoms with Crippen LogP contribution in [0.15, 0.2) is 24.3 Å². The number of nitrogens with two attached hydrogens (primary N) is 1. The van der Waals surface area contributed by atoms with Crippen LogP contribution in [0.2, 0.25) is 0 Å². The molecule has 0 aliphatic carbocycles. The van der Waals surface area contributed by atoms with Gasteiger partial charge in [0, 0.05) is 6.07 Å². The molecule has 0 bridgehead atoms. The maximum atomic E-state index is 5.11. The smallest absolute Gasteiger partial charge is 0.259 e. The first-order valence-electron chi connectivity index (χ1n) is 2.73. The summed E-state index contributed by atoms with van der Waals surface area (Å²) >= 11 is 4.51. The Hall–Kier alpha value is -1.09. The highest BCUT2D eigenvalue weighted by atomic mass is 32.1. The highest BCUT2D eigenvalue weighted by Crippen LogP contribution is 2.06. The minimum atomic E-state index is 0.0162. The van der Waals surface area contributed by atoms with E-state index < -0.39 is 0 Å². The lowest BCUT2D eigenvalue weighted by molar-refractivity contribution is 0.556. The SMILES string of the molecule is NC(=S)Oc1[c]cccc1. The topological polar surface area (TPSA) is 35.2 Å². The standard InChI is InChI=1S/C7H6NOS/c8-7(10)9-6-4-2-1-3-5-6/h1-4H,(H2,8,10). The fourth-order valence-electron chi connectivity index (χ4n) is 0.549. The van der Waals surface area contributed by atoms with Crippen molar-refractivity contribution in [3.63, 3.8) is 0 Å². The molecule has 1 aromatic carbocycles. The van der Waals surface area contributed by atoms with Crippen molar-refractivity contribution in [3.05, 3.63) is 30.3 Å². The first kappa shape index (κ1) is 7.02. The fourth-order valence-corrected chi connectivity index (χ4v) is 0.639. The summed E-state index contributed by atoms with van der Waals surface area (Å²) in [5.41, 5.74) is 5.11. The van der Waals surface area contributed by atoms with E-state index in [-0.39, 0.29) is 5.17 Å². The third kappa shape index (κ3) is 2.03. The van der Waals surface area contributed by atoms with E-state index in [1.807, 2.05) is 12.1 Å². The van der Waals surface area contributed by atoms with Crippen LogP contribution in [-0.2, 0) is 0 Å². The van der Waals surface area contributed by atoms with Crippen molar-refractivity contribution in [2.45, 2.75) is 0 Å². The minimum Gasteiger partial charge on any atom is -0.431 e. The van der Waals surface area contributed by atoms with Gasteiger partial charge in [0.25, 0.3) is 5.17 Å². The average molecular weight is 152 g/mol. The third-order valence-electron chi connectivity index (χ3n) is 0.891. The number of rotatable bonds is 1. The lowest BCUT2D eigenvalue weighted by atomic mass is 10.3. The fraction of sp³-hybridized carbons (Fsp3) is 0. The third-order valence-corrected chi connectivity index (χ3v) is 0.974. The first-order chi connectivity index (χ1) is 4.79. The molecule has 2 N–H and O–H groups in total. The zero-order valence-electron chi connectivity index (χ0n) is 5.20. The summed E-state index contributed by atoms with van der Waals surface area (Å²) < 4.78 is 4.87. The Balaban J connectivity index is 2.67. The Labute approximate surface area is 64.6 Å². The molecular formula is C7H6NOS. The first-order valence-corrected chi connectivity index (χ1v) is 3.14. The highest BCUT2D eigenvalue weighted by Gasteiger charge is 1.91. The van der Waals surface area contributed by atoms with Crippen LogP contribution in [0.1, 0.15) is 0 Å². The Morgan fingerprint density at radius 2 is 2.40 bits per heavy atom. The quantitative estimate of drug-likeness (QED) is 0.612. The van der Waals surface area contributed by atoms with Gasteiger partial charge >= 0.3 is 0 Å². The zero-order valence-corrected chi connectivity index (χ0v) is 6.02. The van der Waals surface area contributed by atoms with Crippen LogP contribution in [0.3, 0.4) is 0 Å². The van der Waals surface area contributed by atoms with Crippen molar-refractivity contribution in [1.82, 2.24) is 0 Å². The van der Waals surface area contributed by atoms with Gasteiger partial charge < -0.3 is 10.5 Å². The van der Waals surface area contributed by atoms with E-state index >= 15 is 0 Å². The van der Waals surface area contributed by atoms with Crippen molar-refractivity contribution < 1.29 is 4.74 Å². The number of hydrogen-bond donors (Lipinski definition) is 1. The monoisotopic (exact) mass is 152 g/mol. The summed E-state index contributed by atoms with van der Waals surface area (Å²) in [6, 6.07) is 9.94. The van der Waals surface area contributed by atoms with Crippen LogP contribution < -0.4 is 10.5 Å². The van der Waals surface area contributed by atoms with E-state index in [0.29, 0.717) is 5.75 Å². The molecule has 0 amide bonds. The number of hydrogen-bond acceptors (Lipinski definition) is 2. The molecule has 1 aromatic rings. The molecule has 0 saturated heterocycles. The predicted octanol–water partition coefficient (Wildman–Crippen LogP) is 1.11. The van der Waals surface area contributed by atoms with E-state index in [1.165, 1.54) is 0 Å². The van der Waals surface area contributed by atoms with Gasteiger partial charge in [0.05, 0.1) is 0 Å². The molecule has 51 valence electrons. The van der Waals surface area contributed by atoms with E-state index in [9.17, 15) is 0 Å². The van der Waals surface area contributed by atoms with Gasteiger partial charge in [-0.1, -0.05) is 18.2 Å². The summed E-state index contributed by atoms with van der Waals surface area (Å²) in [4.78, 5) is 0. The molecule has 2 nitrogen and oxygen atoms in total. The van der Waals surface area contributed by atoms with Gasteiger partial charge in [0.1, 0.15) is 5.75 Å². The number of ether oxygens (including phenoxy) is 1. The molecule has 0 fully saturated rings. The van der Waals surface area contributed by atoms with Gasteiger partial charge in [-0.25, -0.2) is 0 Å². The van der Waals surface area contributed by atoms with Crippen molar-refractivity contribution in [2.75, 3.05) is 0 Å². The van der Waals surface area contributed by atoms with Crippen LogP contribution >= 0.6 is 12.2 Å². The number of thiocarbonyl (C=S) groups is 1. The average Bonchev–Trinajstić information content (AvgIpc) is 1.88. The molecule has 0 saturated carbocycles. The van der Waals surface area contributed by atoms with Gasteiger partial charge in [0.15, 0.2) is 0 Å². The molecule has 1 rings (SSSR count). The van der Waals surface area contributed by atoms with Crippen LogP contribution in [-0.4, -0.2) is 5.17 Å². The van der Waals surface area contributed by atoms with Crippen LogP contribution in [0, 0.1) is 6.07 Å². The van der Waals surface area contributed by atoms with Gasteiger partial charge in [-0.15, -0.1) is 0 Å². The maximum Gasteiger partial charge on any atom is 0.259 e. The second-order valence-corrected chi connectivity index (χ2v) is 2.05. The Morgan fingerprint density at radius 3 is 2.90 bits per heavy atom. The summed E-state index contributed by atoms with van der Waals surface area (Å²) in [5.74, 6) is 0.551. The number of benzene rings is 1. The second kappa shape index (κ2) is 3.17.